The van der Waals surface area contributed by atoms with E-state index in [4.69, 9.17) is 5.73 Å². The Balaban J connectivity index is 3.90. The van der Waals surface area contributed by atoms with Gasteiger partial charge in [0, 0.05) is 32.5 Å². The molecule has 0 aliphatic carbocycles. The third-order valence-corrected chi connectivity index (χ3v) is 1.15. The summed E-state index contributed by atoms with van der Waals surface area (Å²) in [5.74, 6) is 0. The van der Waals surface area contributed by atoms with Crippen LogP contribution < -0.4 is 11.1 Å². The van der Waals surface area contributed by atoms with Crippen molar-refractivity contribution in [1.29, 1.82) is 0 Å². The quantitative estimate of drug-likeness (QED) is 0.582. The molecule has 0 aromatic rings. The maximum absolute atomic E-state index is 5.43. The first-order valence-electron chi connectivity index (χ1n) is 3.15. The van der Waals surface area contributed by atoms with Crippen LogP contribution in [0.25, 0.3) is 0 Å². The molecule has 0 rings (SSSR count). The van der Waals surface area contributed by atoms with Crippen LogP contribution in [0.3, 0.4) is 0 Å². The first-order chi connectivity index (χ1) is 4.72. The molecular formula is C7H15N3. The molecule has 0 aromatic carbocycles. The van der Waals surface area contributed by atoms with Crippen molar-refractivity contribution in [3.8, 4) is 0 Å². The number of nitrogens with two attached hydrogens (primary N) is 1. The fraction of sp³-hybridized carbons (Fsp3) is 0.429. The van der Waals surface area contributed by atoms with E-state index in [1.165, 1.54) is 0 Å². The zero-order valence-corrected chi connectivity index (χ0v) is 6.59. The van der Waals surface area contributed by atoms with Crippen molar-refractivity contribution in [2.75, 3.05) is 20.6 Å². The average molecular weight is 141 g/mol. The van der Waals surface area contributed by atoms with E-state index in [0.717, 1.165) is 5.70 Å². The molecule has 0 unspecified atom stereocenters. The second kappa shape index (κ2) is 4.88. The summed E-state index contributed by atoms with van der Waals surface area (Å²) in [5.41, 5.74) is 6.47. The standard InChI is InChI=1S/C7H15N3/c1-4-9-6-7(5-8)10(2)3/h4,6,9H,1,5,8H2,2-3H3/b7-6-. The van der Waals surface area contributed by atoms with Crippen molar-refractivity contribution in [2.24, 2.45) is 5.73 Å². The van der Waals surface area contributed by atoms with Crippen molar-refractivity contribution >= 4 is 0 Å². The zero-order valence-electron chi connectivity index (χ0n) is 6.59. The minimum Gasteiger partial charge on any atom is -0.379 e. The Bertz CT molecular complexity index is 127. The van der Waals surface area contributed by atoms with Gasteiger partial charge in [-0.1, -0.05) is 6.58 Å². The molecule has 0 saturated carbocycles. The van der Waals surface area contributed by atoms with Crippen LogP contribution in [-0.4, -0.2) is 25.5 Å². The molecule has 0 heterocycles. The maximum Gasteiger partial charge on any atom is 0.0429 e. The van der Waals surface area contributed by atoms with Gasteiger partial charge in [-0.05, 0) is 6.20 Å². The SMILES string of the molecule is C=CN/C=C(/CN)N(C)C. The van der Waals surface area contributed by atoms with Gasteiger partial charge in [0.15, 0.2) is 0 Å². The molecule has 3 heteroatoms. The smallest absolute Gasteiger partial charge is 0.0429 e. The highest BCUT2D eigenvalue weighted by Crippen LogP contribution is 1.91. The average Bonchev–Trinajstić information content (AvgIpc) is 1.89. The van der Waals surface area contributed by atoms with Crippen LogP contribution in [0.15, 0.2) is 24.7 Å². The molecule has 0 fully saturated rings. The lowest BCUT2D eigenvalue weighted by Crippen LogP contribution is -2.20. The van der Waals surface area contributed by atoms with Crippen LogP contribution in [-0.2, 0) is 0 Å². The predicted molar refractivity (Wildman–Crippen MR) is 44.2 cm³/mol. The van der Waals surface area contributed by atoms with Crippen molar-refractivity contribution in [1.82, 2.24) is 10.2 Å². The van der Waals surface area contributed by atoms with Gasteiger partial charge in [0.1, 0.15) is 0 Å². The van der Waals surface area contributed by atoms with Crippen LogP contribution >= 0.6 is 0 Å². The van der Waals surface area contributed by atoms with Gasteiger partial charge in [-0.3, -0.25) is 0 Å². The molecule has 0 spiro atoms. The number of likely N-dealkylation sites (N-methyl/N-ethyl adjacent to an activating group) is 1. The zero-order chi connectivity index (χ0) is 7.98. The minimum absolute atomic E-state index is 0.536. The fourth-order valence-electron chi connectivity index (χ4n) is 0.526. The number of hydrogen-bond acceptors (Lipinski definition) is 3. The normalized spacial score (nSPS) is 10.9. The summed E-state index contributed by atoms with van der Waals surface area (Å²) in [6.07, 6.45) is 3.44. The molecular weight excluding hydrogens is 126 g/mol. The van der Waals surface area contributed by atoms with Gasteiger partial charge < -0.3 is 16.0 Å². The fourth-order valence-corrected chi connectivity index (χ4v) is 0.526. The first-order valence-corrected chi connectivity index (χ1v) is 3.15. The van der Waals surface area contributed by atoms with Crippen LogP contribution in [0.1, 0.15) is 0 Å². The second-order valence-corrected chi connectivity index (χ2v) is 2.11. The van der Waals surface area contributed by atoms with Crippen molar-refractivity contribution in [3.63, 3.8) is 0 Å². The molecule has 0 aromatic heterocycles. The molecule has 0 aliphatic rings. The van der Waals surface area contributed by atoms with E-state index in [0.29, 0.717) is 6.54 Å². The van der Waals surface area contributed by atoms with Crippen molar-refractivity contribution in [2.45, 2.75) is 0 Å². The number of hydrogen-bond donors (Lipinski definition) is 2. The highest BCUT2D eigenvalue weighted by atomic mass is 15.1. The van der Waals surface area contributed by atoms with Crippen molar-refractivity contribution in [3.05, 3.63) is 24.7 Å². The molecule has 10 heavy (non-hydrogen) atoms. The highest BCUT2D eigenvalue weighted by Gasteiger charge is 1.92. The third kappa shape index (κ3) is 3.14. The lowest BCUT2D eigenvalue weighted by atomic mass is 10.4. The summed E-state index contributed by atoms with van der Waals surface area (Å²) in [5, 5.41) is 2.86. The molecule has 0 radical (unpaired) electrons. The molecule has 0 aliphatic heterocycles. The van der Waals surface area contributed by atoms with E-state index in [2.05, 4.69) is 11.9 Å². The van der Waals surface area contributed by atoms with Crippen molar-refractivity contribution < 1.29 is 0 Å². The molecule has 0 bridgehead atoms. The third-order valence-electron chi connectivity index (χ3n) is 1.15. The molecule has 0 saturated heterocycles. The van der Waals surface area contributed by atoms with Crippen LogP contribution in [0.2, 0.25) is 0 Å². The Morgan fingerprint density at radius 1 is 1.70 bits per heavy atom. The topological polar surface area (TPSA) is 41.3 Å². The lowest BCUT2D eigenvalue weighted by molar-refractivity contribution is 0.499. The molecule has 3 N–H and O–H groups in total. The number of rotatable bonds is 4. The summed E-state index contributed by atoms with van der Waals surface area (Å²) < 4.78 is 0. The van der Waals surface area contributed by atoms with Gasteiger partial charge in [-0.2, -0.15) is 0 Å². The van der Waals surface area contributed by atoms with Gasteiger partial charge in [0.2, 0.25) is 0 Å². The first kappa shape index (κ1) is 9.04. The van der Waals surface area contributed by atoms with E-state index < -0.39 is 0 Å². The van der Waals surface area contributed by atoms with E-state index >= 15 is 0 Å². The Morgan fingerprint density at radius 2 is 2.30 bits per heavy atom. The van der Waals surface area contributed by atoms with Gasteiger partial charge in [-0.25, -0.2) is 0 Å². The predicted octanol–water partition coefficient (Wildman–Crippen LogP) is 0.0812. The van der Waals surface area contributed by atoms with Crippen LogP contribution in [0.5, 0.6) is 0 Å². The van der Waals surface area contributed by atoms with E-state index in [-0.39, 0.29) is 0 Å². The summed E-state index contributed by atoms with van der Waals surface area (Å²) in [7, 11) is 3.90. The molecule has 0 atom stereocenters. The van der Waals surface area contributed by atoms with Gasteiger partial charge >= 0.3 is 0 Å². The Hall–Kier alpha value is -0.960. The van der Waals surface area contributed by atoms with Gasteiger partial charge in [0.25, 0.3) is 0 Å². The highest BCUT2D eigenvalue weighted by molar-refractivity contribution is 5.00. The largest absolute Gasteiger partial charge is 0.379 e. The second-order valence-electron chi connectivity index (χ2n) is 2.11. The summed E-state index contributed by atoms with van der Waals surface area (Å²) in [4.78, 5) is 1.95. The Kier molecular flexibility index (Phi) is 4.41. The molecule has 0 amide bonds. The minimum atomic E-state index is 0.536. The molecule has 3 nitrogen and oxygen atoms in total. The Labute approximate surface area is 62.2 Å². The van der Waals surface area contributed by atoms with Crippen LogP contribution in [0.4, 0.5) is 0 Å². The van der Waals surface area contributed by atoms with Gasteiger partial charge in [0.05, 0.1) is 0 Å². The monoisotopic (exact) mass is 141 g/mol. The van der Waals surface area contributed by atoms with E-state index in [9.17, 15) is 0 Å². The van der Waals surface area contributed by atoms with Gasteiger partial charge in [-0.15, -0.1) is 0 Å². The number of nitrogens with one attached hydrogen (secondary N) is 1. The lowest BCUT2D eigenvalue weighted by Gasteiger charge is -2.14. The van der Waals surface area contributed by atoms with E-state index in [1.807, 2.05) is 25.2 Å². The Morgan fingerprint density at radius 3 is 2.60 bits per heavy atom. The number of nitrogens with zero attached hydrogens (tertiary/aromatic N) is 1. The maximum atomic E-state index is 5.43. The summed E-state index contributed by atoms with van der Waals surface area (Å²) >= 11 is 0. The van der Waals surface area contributed by atoms with E-state index in [1.54, 1.807) is 6.20 Å². The summed E-state index contributed by atoms with van der Waals surface area (Å²) in [6.45, 7) is 4.05. The molecule has 58 valence electrons. The summed E-state index contributed by atoms with van der Waals surface area (Å²) in [6, 6.07) is 0. The van der Waals surface area contributed by atoms with Crippen LogP contribution in [0, 0.1) is 0 Å².